The molecule has 25 heavy (non-hydrogen) atoms. The predicted molar refractivity (Wildman–Crippen MR) is 82.3 cm³/mol. The molecule has 0 aromatic heterocycles. The Kier molecular flexibility index (Phi) is 4.22. The number of likely N-dealkylation sites (tertiary alicyclic amines) is 1. The number of carbonyl (C=O) groups excluding carboxylic acids is 2. The first-order chi connectivity index (χ1) is 11.7. The van der Waals surface area contributed by atoms with Crippen molar-refractivity contribution in [3.63, 3.8) is 0 Å². The zero-order valence-corrected chi connectivity index (χ0v) is 13.5. The minimum Gasteiger partial charge on any atom is -0.497 e. The van der Waals surface area contributed by atoms with E-state index in [9.17, 15) is 22.8 Å². The normalized spacial score (nSPS) is 24.6. The van der Waals surface area contributed by atoms with Crippen molar-refractivity contribution in [3.8, 4) is 5.75 Å². The van der Waals surface area contributed by atoms with Crippen LogP contribution >= 0.6 is 0 Å². The quantitative estimate of drug-likeness (QED) is 0.842. The largest absolute Gasteiger partial charge is 0.497 e. The Bertz CT molecular complexity index is 741. The number of carbonyl (C=O) groups is 2. The first-order valence-electron chi connectivity index (χ1n) is 7.75. The highest BCUT2D eigenvalue weighted by Gasteiger charge is 2.52. The van der Waals surface area contributed by atoms with Gasteiger partial charge in [0.15, 0.2) is 0 Å². The number of halogens is 3. The Morgan fingerprint density at radius 3 is 2.44 bits per heavy atom. The van der Waals surface area contributed by atoms with Crippen LogP contribution < -0.4 is 10.5 Å². The number of piperidine rings is 1. The van der Waals surface area contributed by atoms with Crippen molar-refractivity contribution in [2.45, 2.75) is 31.6 Å². The molecule has 1 aliphatic heterocycles. The molecule has 1 saturated heterocycles. The number of fused-ring (bicyclic) bond motifs is 2. The van der Waals surface area contributed by atoms with Gasteiger partial charge in [-0.2, -0.15) is 13.2 Å². The van der Waals surface area contributed by atoms with E-state index in [0.717, 1.165) is 5.56 Å². The lowest BCUT2D eigenvalue weighted by atomic mass is 9.97. The maximum atomic E-state index is 13.2. The van der Waals surface area contributed by atoms with E-state index in [2.05, 4.69) is 0 Å². The van der Waals surface area contributed by atoms with Crippen molar-refractivity contribution in [1.29, 1.82) is 0 Å². The summed E-state index contributed by atoms with van der Waals surface area (Å²) in [6.45, 7) is 0.178. The highest BCUT2D eigenvalue weighted by Crippen LogP contribution is 2.46. The third-order valence-corrected chi connectivity index (χ3v) is 4.75. The highest BCUT2D eigenvalue weighted by molar-refractivity contribution is 5.96. The molecule has 1 aromatic carbocycles. The summed E-state index contributed by atoms with van der Waals surface area (Å²) in [4.78, 5) is 25.1. The van der Waals surface area contributed by atoms with Crippen LogP contribution in [0.2, 0.25) is 0 Å². The fourth-order valence-corrected chi connectivity index (χ4v) is 3.65. The van der Waals surface area contributed by atoms with Crippen molar-refractivity contribution in [3.05, 3.63) is 41.0 Å². The number of rotatable bonds is 4. The standard InChI is InChI=1S/C17H17F3N2O3/c1-25-11-4-2-9(3-5-11)8-22-13-7-10(16(22)24)6-12(13)14(15(21)23)17(18,19)20/h2-5,10,13H,6-8H2,1H3,(H2,21,23)/b14-12-. The average Bonchev–Trinajstić information content (AvgIpc) is 3.06. The van der Waals surface area contributed by atoms with E-state index in [4.69, 9.17) is 10.5 Å². The molecule has 8 heteroatoms. The van der Waals surface area contributed by atoms with Gasteiger partial charge in [0.05, 0.1) is 13.2 Å². The molecule has 2 fully saturated rings. The predicted octanol–water partition coefficient (Wildman–Crippen LogP) is 2.16. The van der Waals surface area contributed by atoms with E-state index in [0.29, 0.717) is 5.75 Å². The molecule has 3 rings (SSSR count). The molecule has 2 bridgehead atoms. The second-order valence-corrected chi connectivity index (χ2v) is 6.23. The number of hydrogen-bond acceptors (Lipinski definition) is 3. The van der Waals surface area contributed by atoms with Crippen LogP contribution in [-0.2, 0) is 16.1 Å². The molecule has 2 aliphatic rings. The van der Waals surface area contributed by atoms with E-state index < -0.39 is 29.6 Å². The molecule has 2 N–H and O–H groups in total. The van der Waals surface area contributed by atoms with E-state index >= 15 is 0 Å². The van der Waals surface area contributed by atoms with Gasteiger partial charge in [-0.25, -0.2) is 0 Å². The molecule has 1 heterocycles. The van der Waals surface area contributed by atoms with Crippen LogP contribution in [0.5, 0.6) is 5.75 Å². The van der Waals surface area contributed by atoms with Crippen LogP contribution in [0.4, 0.5) is 13.2 Å². The summed E-state index contributed by atoms with van der Waals surface area (Å²) in [5.41, 5.74) is 4.35. The number of nitrogens with zero attached hydrogens (tertiary/aromatic N) is 1. The summed E-state index contributed by atoms with van der Waals surface area (Å²) in [5, 5.41) is 0. The number of primary amides is 1. The van der Waals surface area contributed by atoms with Gasteiger partial charge >= 0.3 is 6.18 Å². The Morgan fingerprint density at radius 2 is 1.96 bits per heavy atom. The fourth-order valence-electron chi connectivity index (χ4n) is 3.65. The number of benzene rings is 1. The van der Waals surface area contributed by atoms with Gasteiger partial charge in [-0.3, -0.25) is 9.59 Å². The zero-order valence-electron chi connectivity index (χ0n) is 13.5. The van der Waals surface area contributed by atoms with Gasteiger partial charge in [0, 0.05) is 12.5 Å². The molecule has 0 spiro atoms. The highest BCUT2D eigenvalue weighted by atomic mass is 19.4. The van der Waals surface area contributed by atoms with Gasteiger partial charge in [0.1, 0.15) is 11.3 Å². The minimum absolute atomic E-state index is 0.0552. The maximum Gasteiger partial charge on any atom is 0.421 e. The number of amides is 2. The van der Waals surface area contributed by atoms with Crippen molar-refractivity contribution >= 4 is 11.8 Å². The van der Waals surface area contributed by atoms with E-state index in [1.165, 1.54) is 12.0 Å². The van der Waals surface area contributed by atoms with Crippen LogP contribution in [0.25, 0.3) is 0 Å². The summed E-state index contributed by atoms with van der Waals surface area (Å²) >= 11 is 0. The number of ether oxygens (including phenoxy) is 1. The van der Waals surface area contributed by atoms with Gasteiger partial charge < -0.3 is 15.4 Å². The van der Waals surface area contributed by atoms with Gasteiger partial charge in [-0.1, -0.05) is 12.1 Å². The number of alkyl halides is 3. The molecule has 2 atom stereocenters. The fraction of sp³-hybridized carbons (Fsp3) is 0.412. The van der Waals surface area contributed by atoms with Crippen LogP contribution in [0.3, 0.4) is 0 Å². The molecule has 134 valence electrons. The van der Waals surface area contributed by atoms with E-state index in [1.54, 1.807) is 24.3 Å². The molecule has 1 aliphatic carbocycles. The topological polar surface area (TPSA) is 72.6 Å². The lowest BCUT2D eigenvalue weighted by Gasteiger charge is -2.31. The van der Waals surface area contributed by atoms with Crippen LogP contribution in [-0.4, -0.2) is 36.0 Å². The third-order valence-electron chi connectivity index (χ3n) is 4.75. The van der Waals surface area contributed by atoms with E-state index in [1.807, 2.05) is 0 Å². The summed E-state index contributed by atoms with van der Waals surface area (Å²) in [5.74, 6) is -1.55. The van der Waals surface area contributed by atoms with Crippen molar-refractivity contribution in [2.75, 3.05) is 7.11 Å². The first kappa shape index (κ1) is 17.3. The number of methoxy groups -OCH3 is 1. The van der Waals surface area contributed by atoms with Crippen LogP contribution in [0, 0.1) is 5.92 Å². The van der Waals surface area contributed by atoms with Crippen LogP contribution in [0.15, 0.2) is 35.4 Å². The second-order valence-electron chi connectivity index (χ2n) is 6.23. The number of nitrogens with two attached hydrogens (primary N) is 1. The summed E-state index contributed by atoms with van der Waals surface area (Å²) in [6, 6.07) is 6.20. The Hall–Kier alpha value is -2.51. The van der Waals surface area contributed by atoms with Crippen molar-refractivity contribution < 1.29 is 27.5 Å². The molecule has 2 amide bonds. The summed E-state index contributed by atoms with van der Waals surface area (Å²) in [7, 11) is 1.53. The van der Waals surface area contributed by atoms with Gasteiger partial charge in [-0.05, 0) is 36.1 Å². The smallest absolute Gasteiger partial charge is 0.421 e. The summed E-state index contributed by atoms with van der Waals surface area (Å²) < 4.78 is 44.7. The molecule has 2 unspecified atom stereocenters. The third kappa shape index (κ3) is 3.08. The van der Waals surface area contributed by atoms with Crippen molar-refractivity contribution in [2.24, 2.45) is 11.7 Å². The minimum atomic E-state index is -4.82. The first-order valence-corrected chi connectivity index (χ1v) is 7.75. The lowest BCUT2D eigenvalue weighted by Crippen LogP contribution is -2.40. The molecular formula is C17H17F3N2O3. The SMILES string of the molecule is COc1ccc(CN2C(=O)C3C/C(=C(\C(N)=O)C(F)(F)F)C2C3)cc1. The van der Waals surface area contributed by atoms with Crippen molar-refractivity contribution in [1.82, 2.24) is 4.90 Å². The van der Waals surface area contributed by atoms with Gasteiger partial charge in [0.2, 0.25) is 5.91 Å². The molecule has 0 radical (unpaired) electrons. The lowest BCUT2D eigenvalue weighted by molar-refractivity contribution is -0.135. The maximum absolute atomic E-state index is 13.2. The van der Waals surface area contributed by atoms with Gasteiger partial charge in [-0.15, -0.1) is 0 Å². The molecule has 1 saturated carbocycles. The zero-order chi connectivity index (χ0) is 18.4. The molecule has 5 nitrogen and oxygen atoms in total. The summed E-state index contributed by atoms with van der Waals surface area (Å²) in [6.07, 6.45) is -4.59. The van der Waals surface area contributed by atoms with E-state index in [-0.39, 0.29) is 30.9 Å². The molecule has 1 aromatic rings. The molecular weight excluding hydrogens is 337 g/mol. The average molecular weight is 354 g/mol. The number of hydrogen-bond donors (Lipinski definition) is 1. The Morgan fingerprint density at radius 1 is 1.32 bits per heavy atom. The Labute approximate surface area is 142 Å². The Balaban J connectivity index is 1.91. The second kappa shape index (κ2) is 6.09. The van der Waals surface area contributed by atoms with Gasteiger partial charge in [0.25, 0.3) is 5.91 Å². The monoisotopic (exact) mass is 354 g/mol. The van der Waals surface area contributed by atoms with Crippen LogP contribution in [0.1, 0.15) is 18.4 Å².